The van der Waals surface area contributed by atoms with E-state index in [1.54, 1.807) is 12.1 Å². The molecule has 14 nitrogen and oxygen atoms in total. The van der Waals surface area contributed by atoms with Crippen LogP contribution in [0.2, 0.25) is 5.02 Å². The van der Waals surface area contributed by atoms with E-state index in [9.17, 15) is 37.5 Å². The average Bonchev–Trinajstić information content (AvgIpc) is 4.05. The van der Waals surface area contributed by atoms with E-state index >= 15 is 0 Å². The Kier molecular flexibility index (Phi) is 11.9. The number of aliphatic carboxylic acids is 1. The summed E-state index contributed by atoms with van der Waals surface area (Å²) in [4.78, 5) is 61.5. The number of anilines is 3. The van der Waals surface area contributed by atoms with Crippen molar-refractivity contribution >= 4 is 52.9 Å². The maximum Gasteiger partial charge on any atom is 0.422 e. The monoisotopic (exact) mass is 760 g/mol. The third-order valence-corrected chi connectivity index (χ3v) is 9.94. The summed E-state index contributed by atoms with van der Waals surface area (Å²) in [7, 11) is 0. The van der Waals surface area contributed by atoms with Gasteiger partial charge in [0.15, 0.2) is 6.61 Å². The van der Waals surface area contributed by atoms with Gasteiger partial charge in [-0.25, -0.2) is 4.79 Å². The Balaban J connectivity index is 1.16. The van der Waals surface area contributed by atoms with E-state index in [1.165, 1.54) is 24.3 Å². The van der Waals surface area contributed by atoms with Crippen LogP contribution in [0.15, 0.2) is 48.5 Å². The zero-order valence-electron chi connectivity index (χ0n) is 29.0. The maximum absolute atomic E-state index is 12.9. The van der Waals surface area contributed by atoms with Crippen LogP contribution in [0.3, 0.4) is 0 Å². The molecule has 2 aliphatic rings. The maximum atomic E-state index is 12.9. The van der Waals surface area contributed by atoms with Crippen LogP contribution in [0.25, 0.3) is 0 Å². The lowest BCUT2D eigenvalue weighted by molar-refractivity contribution is -0.154. The van der Waals surface area contributed by atoms with Gasteiger partial charge in [0.25, 0.3) is 5.91 Å². The van der Waals surface area contributed by atoms with Gasteiger partial charge in [-0.3, -0.25) is 14.4 Å². The van der Waals surface area contributed by atoms with Gasteiger partial charge in [0.1, 0.15) is 6.04 Å². The first-order valence-electron chi connectivity index (χ1n) is 17.1. The normalized spacial score (nSPS) is 17.1. The molecule has 2 aromatic carbocycles. The van der Waals surface area contributed by atoms with Gasteiger partial charge in [-0.2, -0.15) is 28.1 Å². The van der Waals surface area contributed by atoms with Gasteiger partial charge in [-0.05, 0) is 79.0 Å². The van der Waals surface area contributed by atoms with E-state index in [4.69, 9.17) is 16.3 Å². The highest BCUT2D eigenvalue weighted by Gasteiger charge is 2.50. The number of rotatable bonds is 17. The Morgan fingerprint density at radius 1 is 0.943 bits per heavy atom. The summed E-state index contributed by atoms with van der Waals surface area (Å²) in [5.74, 6) is -3.62. The van der Waals surface area contributed by atoms with Crippen LogP contribution in [0.5, 0.6) is 6.01 Å². The Morgan fingerprint density at radius 2 is 1.58 bits per heavy atom. The van der Waals surface area contributed by atoms with Crippen molar-refractivity contribution in [2.45, 2.75) is 70.1 Å². The third kappa shape index (κ3) is 10.5. The van der Waals surface area contributed by atoms with E-state index in [1.807, 2.05) is 12.1 Å². The fraction of sp³-hybridized carbons (Fsp3) is 0.457. The van der Waals surface area contributed by atoms with Crippen LogP contribution in [-0.4, -0.2) is 75.7 Å². The second-order valence-electron chi connectivity index (χ2n) is 13.2. The number of ether oxygens (including phenoxy) is 1. The van der Waals surface area contributed by atoms with Crippen LogP contribution >= 0.6 is 11.6 Å². The molecular weight excluding hydrogens is 721 g/mol. The van der Waals surface area contributed by atoms with Gasteiger partial charge in [-0.1, -0.05) is 50.4 Å². The number of halogens is 4. The van der Waals surface area contributed by atoms with Crippen LogP contribution in [0.1, 0.15) is 68.3 Å². The van der Waals surface area contributed by atoms with E-state index in [-0.39, 0.29) is 35.8 Å². The number of amides is 3. The molecular formula is C35H40ClF3N8O6. The highest BCUT2D eigenvalue weighted by atomic mass is 35.5. The van der Waals surface area contributed by atoms with Crippen LogP contribution in [0, 0.1) is 11.3 Å². The highest BCUT2D eigenvalue weighted by Crippen LogP contribution is 2.57. The standard InChI is InChI=1S/C35H40ClF3N8O6/c1-3-33(4-2)17-22(33)18-41-28(50)27(49)40-16-13-25(29(51)52)43-26(48)20-5-11-24(12-6-20)42-30-44-31(46-32(45-30)53-19-35(37,38)39)47-34(14-15-34)21-7-9-23(36)10-8-21/h5-12,22,25H,3-4,13-19H2,1-2H3,(H,40,49)(H,41,50)(H,43,48)(H,51,52)(H2,42,44,45,46,47)/t22?,25-/m0/s1. The summed E-state index contributed by atoms with van der Waals surface area (Å²) in [6.07, 6.45) is -0.416. The summed E-state index contributed by atoms with van der Waals surface area (Å²) < 4.78 is 43.6. The molecule has 5 rings (SSSR count). The molecule has 0 bridgehead atoms. The van der Waals surface area contributed by atoms with Crippen molar-refractivity contribution in [2.75, 3.05) is 30.3 Å². The molecule has 2 fully saturated rings. The molecule has 18 heteroatoms. The Bertz CT molecular complexity index is 1800. The summed E-state index contributed by atoms with van der Waals surface area (Å²) in [6, 6.07) is 10.8. The first-order chi connectivity index (χ1) is 25.1. The molecule has 284 valence electrons. The third-order valence-electron chi connectivity index (χ3n) is 9.69. The fourth-order valence-electron chi connectivity index (χ4n) is 6.15. The van der Waals surface area contributed by atoms with E-state index < -0.39 is 54.1 Å². The number of alkyl halides is 3. The molecule has 0 radical (unpaired) electrons. The fourth-order valence-corrected chi connectivity index (χ4v) is 6.27. The molecule has 0 spiro atoms. The molecule has 0 aliphatic heterocycles. The number of carboxylic acid groups (broad SMARTS) is 1. The minimum absolute atomic E-state index is 0.0343. The number of carbonyl (C=O) groups is 4. The molecule has 2 atom stereocenters. The summed E-state index contributed by atoms with van der Waals surface area (Å²) in [5, 5.41) is 23.6. The smallest absolute Gasteiger partial charge is 0.422 e. The molecule has 1 unspecified atom stereocenters. The van der Waals surface area contributed by atoms with Crippen LogP contribution < -0.4 is 31.3 Å². The van der Waals surface area contributed by atoms with Gasteiger partial charge < -0.3 is 36.4 Å². The summed E-state index contributed by atoms with van der Waals surface area (Å²) in [5.41, 5.74) is 0.974. The molecule has 3 aromatic rings. The molecule has 53 heavy (non-hydrogen) atoms. The van der Waals surface area contributed by atoms with Crippen molar-refractivity contribution in [1.82, 2.24) is 30.9 Å². The highest BCUT2D eigenvalue weighted by molar-refractivity contribution is 6.35. The minimum Gasteiger partial charge on any atom is -0.480 e. The van der Waals surface area contributed by atoms with Crippen LogP contribution in [0.4, 0.5) is 30.8 Å². The Morgan fingerprint density at radius 3 is 2.17 bits per heavy atom. The van der Waals surface area contributed by atoms with Gasteiger partial charge >= 0.3 is 30.0 Å². The predicted molar refractivity (Wildman–Crippen MR) is 188 cm³/mol. The lowest BCUT2D eigenvalue weighted by atomic mass is 9.97. The Hall–Kier alpha value is -5.19. The molecule has 1 heterocycles. The molecule has 0 saturated heterocycles. The summed E-state index contributed by atoms with van der Waals surface area (Å²) in [6.45, 7) is 2.79. The van der Waals surface area contributed by atoms with Crippen molar-refractivity contribution < 1.29 is 42.2 Å². The van der Waals surface area contributed by atoms with Crippen molar-refractivity contribution in [3.8, 4) is 6.01 Å². The molecule has 1 aromatic heterocycles. The SMILES string of the molecule is CCC1(CC)CC1CNC(=O)C(=O)NCC[C@H](NC(=O)c1ccc(Nc2nc(NC3(c4ccc(Cl)cc4)CC3)nc(OCC(F)(F)F)n2)cc1)C(=O)O. The zero-order chi connectivity index (χ0) is 38.4. The number of carboxylic acids is 1. The first-order valence-corrected chi connectivity index (χ1v) is 17.5. The van der Waals surface area contributed by atoms with Gasteiger partial charge in [0.05, 0.1) is 5.54 Å². The van der Waals surface area contributed by atoms with E-state index in [0.29, 0.717) is 36.0 Å². The number of nitrogens with one attached hydrogen (secondary N) is 5. The number of carbonyl (C=O) groups excluding carboxylic acids is 3. The number of aromatic nitrogens is 3. The van der Waals surface area contributed by atoms with Gasteiger partial charge in [0, 0.05) is 29.4 Å². The van der Waals surface area contributed by atoms with E-state index in [2.05, 4.69) is 55.4 Å². The largest absolute Gasteiger partial charge is 0.480 e. The second-order valence-corrected chi connectivity index (χ2v) is 13.6. The van der Waals surface area contributed by atoms with Crippen molar-refractivity contribution in [3.05, 3.63) is 64.7 Å². The summed E-state index contributed by atoms with van der Waals surface area (Å²) >= 11 is 6.02. The van der Waals surface area contributed by atoms with Gasteiger partial charge in [-0.15, -0.1) is 0 Å². The van der Waals surface area contributed by atoms with E-state index in [0.717, 1.165) is 24.8 Å². The topological polar surface area (TPSA) is 197 Å². The average molecular weight is 761 g/mol. The molecule has 2 aliphatic carbocycles. The number of benzene rings is 2. The molecule has 6 N–H and O–H groups in total. The lowest BCUT2D eigenvalue weighted by Gasteiger charge is -2.19. The second kappa shape index (κ2) is 16.2. The molecule has 2 saturated carbocycles. The van der Waals surface area contributed by atoms with Crippen molar-refractivity contribution in [1.29, 1.82) is 0 Å². The lowest BCUT2D eigenvalue weighted by Crippen LogP contribution is -2.45. The van der Waals surface area contributed by atoms with Crippen molar-refractivity contribution in [2.24, 2.45) is 11.3 Å². The first kappa shape index (κ1) is 39.0. The molecule has 3 amide bonds. The zero-order valence-corrected chi connectivity index (χ0v) is 29.7. The number of hydrogen-bond acceptors (Lipinski definition) is 10. The van der Waals surface area contributed by atoms with Crippen LogP contribution in [-0.2, 0) is 19.9 Å². The Labute approximate surface area is 308 Å². The quantitative estimate of drug-likeness (QED) is 0.102. The minimum atomic E-state index is -4.64. The van der Waals surface area contributed by atoms with Crippen molar-refractivity contribution in [3.63, 3.8) is 0 Å². The van der Waals surface area contributed by atoms with Gasteiger partial charge in [0.2, 0.25) is 11.9 Å². The number of hydrogen-bond donors (Lipinski definition) is 6. The predicted octanol–water partition coefficient (Wildman–Crippen LogP) is 4.94. The number of nitrogens with zero attached hydrogens (tertiary/aromatic N) is 3.